The van der Waals surface area contributed by atoms with Crippen molar-refractivity contribution < 1.29 is 31.9 Å². The van der Waals surface area contributed by atoms with E-state index in [1.54, 1.807) is 31.7 Å². The molecule has 0 aliphatic heterocycles. The number of hydrogen-bond acceptors (Lipinski definition) is 6. The predicted molar refractivity (Wildman–Crippen MR) is 143 cm³/mol. The van der Waals surface area contributed by atoms with Crippen LogP contribution in [0.25, 0.3) is 5.69 Å². The molecule has 0 radical (unpaired) electrons. The summed E-state index contributed by atoms with van der Waals surface area (Å²) < 4.78 is 57.0. The highest BCUT2D eigenvalue weighted by molar-refractivity contribution is 5.79. The number of alkyl halides is 3. The average Bonchev–Trinajstić information content (AvgIpc) is 3.54. The van der Waals surface area contributed by atoms with E-state index in [0.29, 0.717) is 31.1 Å². The molecule has 7 nitrogen and oxygen atoms in total. The Bertz CT molecular complexity index is 1390. The number of furan rings is 1. The van der Waals surface area contributed by atoms with E-state index in [1.165, 1.54) is 12.1 Å². The maximum atomic E-state index is 13.0. The van der Waals surface area contributed by atoms with E-state index in [2.05, 4.69) is 10.00 Å². The minimum Gasteiger partial charge on any atom is -0.476 e. The van der Waals surface area contributed by atoms with E-state index in [9.17, 15) is 18.0 Å². The number of ether oxygens (including phenoxy) is 2. The van der Waals surface area contributed by atoms with E-state index in [-0.39, 0.29) is 6.61 Å². The third-order valence-corrected chi connectivity index (χ3v) is 6.28. The molecule has 40 heavy (non-hydrogen) atoms. The van der Waals surface area contributed by atoms with Crippen LogP contribution in [0, 0.1) is 6.92 Å². The lowest BCUT2D eigenvalue weighted by atomic mass is 10.1. The molecule has 0 N–H and O–H groups in total. The number of halogens is 3. The summed E-state index contributed by atoms with van der Waals surface area (Å²) in [6, 6.07) is 16.2. The first-order valence-electron chi connectivity index (χ1n) is 12.9. The van der Waals surface area contributed by atoms with Gasteiger partial charge in [0.25, 0.3) is 0 Å². The van der Waals surface area contributed by atoms with Crippen molar-refractivity contribution in [1.82, 2.24) is 14.7 Å². The van der Waals surface area contributed by atoms with Crippen molar-refractivity contribution in [3.05, 3.63) is 101 Å². The van der Waals surface area contributed by atoms with Gasteiger partial charge in [-0.15, -0.1) is 0 Å². The third kappa shape index (κ3) is 7.32. The number of benzene rings is 2. The molecule has 0 aliphatic rings. The van der Waals surface area contributed by atoms with Crippen molar-refractivity contribution in [2.45, 2.75) is 59.1 Å². The molecule has 2 aromatic carbocycles. The summed E-state index contributed by atoms with van der Waals surface area (Å²) >= 11 is 0. The number of esters is 1. The first-order valence-corrected chi connectivity index (χ1v) is 12.9. The van der Waals surface area contributed by atoms with Crippen molar-refractivity contribution in [2.75, 3.05) is 6.61 Å². The first-order chi connectivity index (χ1) is 18.9. The standard InChI is InChI=1S/C30H32F3N3O4/c1-5-38-28(37)29(3,4)40-26-14-8-22(9-15-26)17-35(20-27-7-6-16-39-27)18-23-19-36(34-21(23)2)25-12-10-24(11-13-25)30(31,32)33/h6-16,19H,5,17-18,20H2,1-4H3. The Morgan fingerprint density at radius 2 is 1.70 bits per heavy atom. The number of carbonyl (C=O) groups is 1. The van der Waals surface area contributed by atoms with Crippen LogP contribution in [0.1, 0.15) is 48.9 Å². The van der Waals surface area contributed by atoms with Crippen LogP contribution >= 0.6 is 0 Å². The Balaban J connectivity index is 1.49. The van der Waals surface area contributed by atoms with Crippen molar-refractivity contribution >= 4 is 5.97 Å². The fraction of sp³-hybridized carbons (Fsp3) is 0.333. The molecule has 2 heterocycles. The maximum Gasteiger partial charge on any atom is 0.416 e. The molecule has 0 saturated carbocycles. The molecule has 0 saturated heterocycles. The summed E-state index contributed by atoms with van der Waals surface area (Å²) in [6.45, 7) is 8.87. The summed E-state index contributed by atoms with van der Waals surface area (Å²) in [4.78, 5) is 14.3. The zero-order valence-electron chi connectivity index (χ0n) is 22.9. The second-order valence-corrected chi connectivity index (χ2v) is 9.93. The van der Waals surface area contributed by atoms with E-state index < -0.39 is 23.3 Å². The fourth-order valence-corrected chi connectivity index (χ4v) is 4.18. The topological polar surface area (TPSA) is 69.7 Å². The van der Waals surface area contributed by atoms with Crippen molar-refractivity contribution in [1.29, 1.82) is 0 Å². The Morgan fingerprint density at radius 1 is 1.00 bits per heavy atom. The Morgan fingerprint density at radius 3 is 2.30 bits per heavy atom. The van der Waals surface area contributed by atoms with E-state index in [0.717, 1.165) is 34.7 Å². The highest BCUT2D eigenvalue weighted by Crippen LogP contribution is 2.30. The number of aryl methyl sites for hydroxylation is 1. The third-order valence-electron chi connectivity index (χ3n) is 6.28. The molecule has 0 bridgehead atoms. The zero-order valence-corrected chi connectivity index (χ0v) is 22.9. The summed E-state index contributed by atoms with van der Waals surface area (Å²) in [5.74, 6) is 0.910. The number of carbonyl (C=O) groups excluding carboxylic acids is 1. The second kappa shape index (κ2) is 12.0. The molecule has 0 spiro atoms. The van der Waals surface area contributed by atoms with E-state index in [1.807, 2.05) is 49.5 Å². The van der Waals surface area contributed by atoms with E-state index >= 15 is 0 Å². The number of aromatic nitrogens is 2. The number of nitrogens with zero attached hydrogens (tertiary/aromatic N) is 3. The lowest BCUT2D eigenvalue weighted by molar-refractivity contribution is -0.158. The van der Waals surface area contributed by atoms with Gasteiger partial charge in [0.05, 0.1) is 36.4 Å². The number of rotatable bonds is 11. The molecule has 10 heteroatoms. The first kappa shape index (κ1) is 28.9. The Kier molecular flexibility index (Phi) is 8.68. The van der Waals surface area contributed by atoms with Gasteiger partial charge >= 0.3 is 12.1 Å². The molecule has 0 atom stereocenters. The predicted octanol–water partition coefficient (Wildman–Crippen LogP) is 6.72. The van der Waals surface area contributed by atoms with Crippen molar-refractivity contribution in [3.63, 3.8) is 0 Å². The lowest BCUT2D eigenvalue weighted by Gasteiger charge is -2.24. The summed E-state index contributed by atoms with van der Waals surface area (Å²) in [5.41, 5.74) is 1.44. The van der Waals surface area contributed by atoms with Gasteiger partial charge in [0.2, 0.25) is 0 Å². The highest BCUT2D eigenvalue weighted by Gasteiger charge is 2.32. The van der Waals surface area contributed by atoms with Crippen LogP contribution in [0.15, 0.2) is 77.5 Å². The quantitative estimate of drug-likeness (QED) is 0.192. The Labute approximate surface area is 231 Å². The van der Waals surface area contributed by atoms with Crippen LogP contribution in [0.2, 0.25) is 0 Å². The van der Waals surface area contributed by atoms with Crippen LogP contribution < -0.4 is 4.74 Å². The molecular weight excluding hydrogens is 523 g/mol. The second-order valence-electron chi connectivity index (χ2n) is 9.93. The highest BCUT2D eigenvalue weighted by atomic mass is 19.4. The zero-order chi connectivity index (χ0) is 28.9. The molecule has 0 unspecified atom stereocenters. The molecule has 0 aliphatic carbocycles. The van der Waals surface area contributed by atoms with Crippen LogP contribution in [0.5, 0.6) is 5.75 Å². The fourth-order valence-electron chi connectivity index (χ4n) is 4.18. The summed E-state index contributed by atoms with van der Waals surface area (Å²) in [5, 5.41) is 4.53. The van der Waals surface area contributed by atoms with Crippen LogP contribution in [0.3, 0.4) is 0 Å². The largest absolute Gasteiger partial charge is 0.476 e. The van der Waals surface area contributed by atoms with Crippen LogP contribution in [-0.2, 0) is 35.3 Å². The molecule has 0 amide bonds. The van der Waals surface area contributed by atoms with Gasteiger partial charge in [-0.1, -0.05) is 12.1 Å². The van der Waals surface area contributed by atoms with Crippen LogP contribution in [0.4, 0.5) is 13.2 Å². The van der Waals surface area contributed by atoms with Gasteiger partial charge in [-0.05, 0) is 81.8 Å². The minimum absolute atomic E-state index is 0.277. The Hall–Kier alpha value is -4.05. The van der Waals surface area contributed by atoms with Gasteiger partial charge in [-0.2, -0.15) is 18.3 Å². The van der Waals surface area contributed by atoms with Gasteiger partial charge in [-0.3, -0.25) is 4.90 Å². The average molecular weight is 556 g/mol. The minimum atomic E-state index is -4.39. The van der Waals surface area contributed by atoms with Gasteiger partial charge in [-0.25, -0.2) is 9.48 Å². The SMILES string of the molecule is CCOC(=O)C(C)(C)Oc1ccc(CN(Cc2ccco2)Cc2cn(-c3ccc(C(F)(F)F)cc3)nc2C)cc1. The molecule has 0 fully saturated rings. The monoisotopic (exact) mass is 555 g/mol. The maximum absolute atomic E-state index is 13.0. The molecule has 2 aromatic heterocycles. The smallest absolute Gasteiger partial charge is 0.416 e. The summed E-state index contributed by atoms with van der Waals surface area (Å²) in [6.07, 6.45) is -0.933. The normalized spacial score (nSPS) is 12.1. The van der Waals surface area contributed by atoms with Crippen molar-refractivity contribution in [3.8, 4) is 11.4 Å². The number of hydrogen-bond donors (Lipinski definition) is 0. The van der Waals surface area contributed by atoms with Gasteiger partial charge in [0.15, 0.2) is 5.60 Å². The molecular formula is C30H32F3N3O4. The molecule has 4 rings (SSSR count). The lowest BCUT2D eigenvalue weighted by Crippen LogP contribution is -2.39. The van der Waals surface area contributed by atoms with Gasteiger partial charge in [0, 0.05) is 24.8 Å². The van der Waals surface area contributed by atoms with Crippen LogP contribution in [-0.4, -0.2) is 32.9 Å². The van der Waals surface area contributed by atoms with Crippen molar-refractivity contribution in [2.24, 2.45) is 0 Å². The molecule has 4 aromatic rings. The molecule has 212 valence electrons. The van der Waals surface area contributed by atoms with Gasteiger partial charge < -0.3 is 13.9 Å². The van der Waals surface area contributed by atoms with E-state index in [4.69, 9.17) is 13.9 Å². The van der Waals surface area contributed by atoms with Gasteiger partial charge in [0.1, 0.15) is 11.5 Å². The summed E-state index contributed by atoms with van der Waals surface area (Å²) in [7, 11) is 0.